The van der Waals surface area contributed by atoms with Crippen LogP contribution in [0.15, 0.2) is 23.0 Å². The number of pyridine rings is 1. The number of hydrogen-bond acceptors (Lipinski definition) is 5. The number of nitrogens with two attached hydrogens (primary N) is 1. The van der Waals surface area contributed by atoms with E-state index in [4.69, 9.17) is 10.3 Å². The monoisotopic (exact) mass is 244 g/mol. The van der Waals surface area contributed by atoms with Crippen molar-refractivity contribution in [1.82, 2.24) is 15.1 Å². The second kappa shape index (κ2) is 4.49. The highest BCUT2D eigenvalue weighted by molar-refractivity contribution is 5.57. The van der Waals surface area contributed by atoms with Gasteiger partial charge in [-0.3, -0.25) is 4.98 Å². The topological polar surface area (TPSA) is 77.8 Å². The fraction of sp³-hybridized carbons (Fsp3) is 0.462. The van der Waals surface area contributed by atoms with Gasteiger partial charge in [-0.05, 0) is 37.3 Å². The molecule has 2 aromatic rings. The molecule has 2 N–H and O–H groups in total. The summed E-state index contributed by atoms with van der Waals surface area (Å²) in [5.41, 5.74) is 8.05. The van der Waals surface area contributed by atoms with Crippen molar-refractivity contribution in [3.63, 3.8) is 0 Å². The molecule has 0 amide bonds. The van der Waals surface area contributed by atoms with E-state index in [9.17, 15) is 0 Å². The molecule has 0 aromatic carbocycles. The lowest BCUT2D eigenvalue weighted by Crippen LogP contribution is -2.25. The SMILES string of the molecule is Cc1cnccc1-c1noc(CC(N)C2CC2)n1. The molecule has 18 heavy (non-hydrogen) atoms. The van der Waals surface area contributed by atoms with Crippen molar-refractivity contribution in [2.24, 2.45) is 11.7 Å². The third-order valence-corrected chi connectivity index (χ3v) is 3.37. The van der Waals surface area contributed by atoms with Crippen molar-refractivity contribution >= 4 is 0 Å². The Hall–Kier alpha value is -1.75. The van der Waals surface area contributed by atoms with Crippen LogP contribution in [0.5, 0.6) is 0 Å². The number of aryl methyl sites for hydroxylation is 1. The highest BCUT2D eigenvalue weighted by Crippen LogP contribution is 2.32. The van der Waals surface area contributed by atoms with Gasteiger partial charge in [-0.1, -0.05) is 5.16 Å². The van der Waals surface area contributed by atoms with Crippen molar-refractivity contribution in [1.29, 1.82) is 0 Å². The first-order valence-corrected chi connectivity index (χ1v) is 6.23. The molecule has 1 aliphatic carbocycles. The van der Waals surface area contributed by atoms with Crippen molar-refractivity contribution < 1.29 is 4.52 Å². The molecule has 0 bridgehead atoms. The van der Waals surface area contributed by atoms with Crippen LogP contribution >= 0.6 is 0 Å². The Balaban J connectivity index is 1.78. The molecular formula is C13H16N4O. The summed E-state index contributed by atoms with van der Waals surface area (Å²) in [5, 5.41) is 4.01. The van der Waals surface area contributed by atoms with Gasteiger partial charge in [0.1, 0.15) is 0 Å². The molecule has 1 unspecified atom stereocenters. The molecule has 2 heterocycles. The first kappa shape index (κ1) is 11.3. The molecule has 2 aromatic heterocycles. The molecule has 94 valence electrons. The van der Waals surface area contributed by atoms with Crippen LogP contribution in [0.25, 0.3) is 11.4 Å². The molecule has 1 aliphatic rings. The van der Waals surface area contributed by atoms with Crippen molar-refractivity contribution in [3.05, 3.63) is 29.9 Å². The third-order valence-electron chi connectivity index (χ3n) is 3.37. The number of aromatic nitrogens is 3. The Kier molecular flexibility index (Phi) is 2.83. The maximum Gasteiger partial charge on any atom is 0.228 e. The molecular weight excluding hydrogens is 228 g/mol. The van der Waals surface area contributed by atoms with E-state index in [1.165, 1.54) is 12.8 Å². The molecule has 1 saturated carbocycles. The van der Waals surface area contributed by atoms with Crippen LogP contribution in [0.2, 0.25) is 0 Å². The van der Waals surface area contributed by atoms with E-state index < -0.39 is 0 Å². The molecule has 0 radical (unpaired) electrons. The zero-order valence-electron chi connectivity index (χ0n) is 10.3. The maximum absolute atomic E-state index is 6.05. The zero-order chi connectivity index (χ0) is 12.5. The van der Waals surface area contributed by atoms with Crippen LogP contribution < -0.4 is 5.73 Å². The summed E-state index contributed by atoms with van der Waals surface area (Å²) < 4.78 is 5.26. The van der Waals surface area contributed by atoms with Crippen LogP contribution in [-0.2, 0) is 6.42 Å². The normalized spacial score (nSPS) is 16.8. The largest absolute Gasteiger partial charge is 0.339 e. The molecule has 5 nitrogen and oxygen atoms in total. The van der Waals surface area contributed by atoms with Crippen LogP contribution in [-0.4, -0.2) is 21.2 Å². The van der Waals surface area contributed by atoms with Gasteiger partial charge in [0, 0.05) is 30.4 Å². The molecule has 0 spiro atoms. The van der Waals surface area contributed by atoms with Gasteiger partial charge >= 0.3 is 0 Å². The molecule has 0 aliphatic heterocycles. The predicted octanol–water partition coefficient (Wildman–Crippen LogP) is 1.72. The second-order valence-electron chi connectivity index (χ2n) is 4.91. The molecule has 0 saturated heterocycles. The first-order chi connectivity index (χ1) is 8.74. The van der Waals surface area contributed by atoms with Gasteiger partial charge in [0.15, 0.2) is 0 Å². The third kappa shape index (κ3) is 2.26. The van der Waals surface area contributed by atoms with Crippen LogP contribution in [0.1, 0.15) is 24.3 Å². The summed E-state index contributed by atoms with van der Waals surface area (Å²) in [6.45, 7) is 1.98. The summed E-state index contributed by atoms with van der Waals surface area (Å²) in [4.78, 5) is 8.46. The van der Waals surface area contributed by atoms with Crippen LogP contribution in [0.4, 0.5) is 0 Å². The summed E-state index contributed by atoms with van der Waals surface area (Å²) in [5.74, 6) is 1.89. The second-order valence-corrected chi connectivity index (χ2v) is 4.91. The highest BCUT2D eigenvalue weighted by Gasteiger charge is 2.29. The Morgan fingerprint density at radius 3 is 3.06 bits per heavy atom. The van der Waals surface area contributed by atoms with E-state index in [0.29, 0.717) is 24.1 Å². The van der Waals surface area contributed by atoms with E-state index in [1.54, 1.807) is 12.4 Å². The van der Waals surface area contributed by atoms with Gasteiger partial charge in [0.2, 0.25) is 11.7 Å². The lowest BCUT2D eigenvalue weighted by atomic mass is 10.1. The van der Waals surface area contributed by atoms with Crippen LogP contribution in [0.3, 0.4) is 0 Å². The fourth-order valence-corrected chi connectivity index (χ4v) is 2.06. The smallest absolute Gasteiger partial charge is 0.228 e. The minimum atomic E-state index is 0.150. The average molecular weight is 244 g/mol. The van der Waals surface area contributed by atoms with E-state index in [-0.39, 0.29) is 6.04 Å². The maximum atomic E-state index is 6.05. The van der Waals surface area contributed by atoms with Crippen molar-refractivity contribution in [2.45, 2.75) is 32.2 Å². The Morgan fingerprint density at radius 1 is 1.50 bits per heavy atom. The Labute approximate surface area is 105 Å². The number of rotatable bonds is 4. The van der Waals surface area contributed by atoms with Gasteiger partial charge in [-0.2, -0.15) is 4.98 Å². The van der Waals surface area contributed by atoms with Gasteiger partial charge < -0.3 is 10.3 Å². The van der Waals surface area contributed by atoms with Crippen molar-refractivity contribution in [2.75, 3.05) is 0 Å². The number of nitrogens with zero attached hydrogens (tertiary/aromatic N) is 3. The standard InChI is InChI=1S/C13H16N4O/c1-8-7-15-5-4-10(8)13-16-12(18-17-13)6-11(14)9-2-3-9/h4-5,7,9,11H,2-3,6,14H2,1H3. The summed E-state index contributed by atoms with van der Waals surface area (Å²) in [6, 6.07) is 2.04. The molecule has 3 rings (SSSR count). The lowest BCUT2D eigenvalue weighted by Gasteiger charge is -2.04. The number of hydrogen-bond donors (Lipinski definition) is 1. The lowest BCUT2D eigenvalue weighted by molar-refractivity contribution is 0.364. The quantitative estimate of drug-likeness (QED) is 0.886. The minimum Gasteiger partial charge on any atom is -0.339 e. The molecule has 5 heteroatoms. The average Bonchev–Trinajstić information content (AvgIpc) is 3.12. The highest BCUT2D eigenvalue weighted by atomic mass is 16.5. The summed E-state index contributed by atoms with van der Waals surface area (Å²) in [6.07, 6.45) is 6.65. The predicted molar refractivity (Wildman–Crippen MR) is 66.7 cm³/mol. The Morgan fingerprint density at radius 2 is 2.33 bits per heavy atom. The van der Waals surface area contributed by atoms with Crippen LogP contribution in [0, 0.1) is 12.8 Å². The van der Waals surface area contributed by atoms with Gasteiger partial charge in [-0.15, -0.1) is 0 Å². The zero-order valence-corrected chi connectivity index (χ0v) is 10.3. The van der Waals surface area contributed by atoms with E-state index in [0.717, 1.165) is 11.1 Å². The Bertz CT molecular complexity index is 547. The van der Waals surface area contributed by atoms with Gasteiger partial charge in [0.25, 0.3) is 0 Å². The summed E-state index contributed by atoms with van der Waals surface area (Å²) >= 11 is 0. The van der Waals surface area contributed by atoms with E-state index in [1.807, 2.05) is 13.0 Å². The molecule has 1 atom stereocenters. The summed E-state index contributed by atoms with van der Waals surface area (Å²) in [7, 11) is 0. The van der Waals surface area contributed by atoms with Gasteiger partial charge in [-0.25, -0.2) is 0 Å². The van der Waals surface area contributed by atoms with E-state index >= 15 is 0 Å². The minimum absolute atomic E-state index is 0.150. The fourth-order valence-electron chi connectivity index (χ4n) is 2.06. The molecule has 1 fully saturated rings. The first-order valence-electron chi connectivity index (χ1n) is 6.23. The van der Waals surface area contributed by atoms with E-state index in [2.05, 4.69) is 15.1 Å². The van der Waals surface area contributed by atoms with Crippen molar-refractivity contribution in [3.8, 4) is 11.4 Å². The van der Waals surface area contributed by atoms with Gasteiger partial charge in [0.05, 0.1) is 0 Å².